The standard InChI is InChI=1S/C4H8N2S4.CH3NO2/c7-3(8)5-1-2-6-4(9)10;2-1(3)4/h1-2H2,(H2,5,7,8)(H2,6,9,10);2H2,(H,3,4). The number of thiol groups is 2. The topological polar surface area (TPSA) is 87.4 Å². The number of hydrogen-bond donors (Lipinski definition) is 6. The van der Waals surface area contributed by atoms with E-state index in [1.54, 1.807) is 0 Å². The van der Waals surface area contributed by atoms with Crippen LogP contribution in [0.25, 0.3) is 0 Å². The second-order valence-corrected chi connectivity index (χ2v) is 4.12. The maximum absolute atomic E-state index is 8.78. The van der Waals surface area contributed by atoms with Crippen molar-refractivity contribution in [3.8, 4) is 0 Å². The van der Waals surface area contributed by atoms with Gasteiger partial charge in [-0.05, 0) is 0 Å². The van der Waals surface area contributed by atoms with E-state index in [0.29, 0.717) is 21.7 Å². The van der Waals surface area contributed by atoms with Crippen molar-refractivity contribution in [3.05, 3.63) is 0 Å². The Bertz CT molecular complexity index is 191. The van der Waals surface area contributed by atoms with E-state index in [9.17, 15) is 0 Å². The summed E-state index contributed by atoms with van der Waals surface area (Å²) in [6.07, 6.45) is -1.33. The van der Waals surface area contributed by atoms with Crippen molar-refractivity contribution < 1.29 is 9.90 Å². The van der Waals surface area contributed by atoms with Crippen LogP contribution < -0.4 is 16.4 Å². The first kappa shape index (κ1) is 16.2. The van der Waals surface area contributed by atoms with Gasteiger partial charge in [-0.3, -0.25) is 0 Å². The molecule has 0 aliphatic heterocycles. The van der Waals surface area contributed by atoms with Crippen molar-refractivity contribution in [2.24, 2.45) is 5.73 Å². The Balaban J connectivity index is 0. The number of nitrogens with two attached hydrogens (primary N) is 1. The summed E-state index contributed by atoms with van der Waals surface area (Å²) in [4.78, 5) is 8.78. The fraction of sp³-hybridized carbons (Fsp3) is 0.400. The summed E-state index contributed by atoms with van der Waals surface area (Å²) >= 11 is 17.0. The van der Waals surface area contributed by atoms with Gasteiger partial charge in [-0.1, -0.05) is 24.4 Å². The average molecular weight is 273 g/mol. The molecule has 0 aromatic carbocycles. The molecule has 1 amide bonds. The van der Waals surface area contributed by atoms with E-state index in [0.717, 1.165) is 0 Å². The SMILES string of the molecule is NC(=O)O.S=C(S)NCCNC(=S)S. The molecule has 82 valence electrons. The number of nitrogens with one attached hydrogen (secondary N) is 2. The third-order valence-corrected chi connectivity index (χ3v) is 1.28. The highest BCUT2D eigenvalue weighted by Gasteiger charge is 1.87. The minimum Gasteiger partial charge on any atom is -0.465 e. The molecule has 9 heteroatoms. The maximum atomic E-state index is 8.78. The number of primary amides is 1. The third-order valence-electron chi connectivity index (χ3n) is 0.677. The van der Waals surface area contributed by atoms with E-state index >= 15 is 0 Å². The van der Waals surface area contributed by atoms with Gasteiger partial charge in [0.05, 0.1) is 0 Å². The lowest BCUT2D eigenvalue weighted by Crippen LogP contribution is -2.29. The van der Waals surface area contributed by atoms with Gasteiger partial charge in [0.1, 0.15) is 8.64 Å². The Kier molecular flexibility index (Phi) is 12.5. The zero-order chi connectivity index (χ0) is 11.6. The summed E-state index contributed by atoms with van der Waals surface area (Å²) in [5.41, 5.74) is 4.03. The molecule has 5 N–H and O–H groups in total. The van der Waals surface area contributed by atoms with Crippen LogP contribution in [0.15, 0.2) is 0 Å². The lowest BCUT2D eigenvalue weighted by molar-refractivity contribution is 0.205. The van der Waals surface area contributed by atoms with Crippen LogP contribution >= 0.6 is 49.7 Å². The Morgan fingerprint density at radius 1 is 1.21 bits per heavy atom. The summed E-state index contributed by atoms with van der Waals surface area (Å²) < 4.78 is 0.985. The second kappa shape index (κ2) is 10.8. The van der Waals surface area contributed by atoms with Gasteiger partial charge in [0.2, 0.25) is 0 Å². The van der Waals surface area contributed by atoms with Crippen LogP contribution in [-0.4, -0.2) is 32.9 Å². The molecule has 0 aromatic rings. The number of amides is 1. The average Bonchev–Trinajstić information content (AvgIpc) is 1.96. The van der Waals surface area contributed by atoms with E-state index in [2.05, 4.69) is 66.1 Å². The molecule has 0 aromatic heterocycles. The van der Waals surface area contributed by atoms with Gasteiger partial charge in [-0.25, -0.2) is 4.79 Å². The zero-order valence-electron chi connectivity index (χ0n) is 7.06. The molecule has 0 spiro atoms. The highest BCUT2D eigenvalue weighted by atomic mass is 32.1. The number of rotatable bonds is 3. The summed E-state index contributed by atoms with van der Waals surface area (Å²) in [6.45, 7) is 1.42. The molecule has 0 fully saturated rings. The molecule has 0 rings (SSSR count). The molecule has 5 nitrogen and oxygen atoms in total. The van der Waals surface area contributed by atoms with Gasteiger partial charge in [0, 0.05) is 13.1 Å². The fourth-order valence-corrected chi connectivity index (χ4v) is 0.767. The molecule has 0 atom stereocenters. The molecule has 0 radical (unpaired) electrons. The minimum absolute atomic E-state index is 0.492. The molecule has 0 saturated carbocycles. The number of thiocarbonyl (C=S) groups is 2. The van der Waals surface area contributed by atoms with Crippen molar-refractivity contribution in [1.82, 2.24) is 10.6 Å². The Morgan fingerprint density at radius 3 is 1.57 bits per heavy atom. The Labute approximate surface area is 104 Å². The molecule has 14 heavy (non-hydrogen) atoms. The van der Waals surface area contributed by atoms with E-state index < -0.39 is 6.09 Å². The van der Waals surface area contributed by atoms with E-state index in [1.807, 2.05) is 0 Å². The van der Waals surface area contributed by atoms with E-state index in [-0.39, 0.29) is 0 Å². The van der Waals surface area contributed by atoms with Crippen LogP contribution in [0.3, 0.4) is 0 Å². The van der Waals surface area contributed by atoms with Gasteiger partial charge in [0.15, 0.2) is 0 Å². The molecular formula is C5H11N3O2S4. The van der Waals surface area contributed by atoms with Crippen molar-refractivity contribution in [2.75, 3.05) is 13.1 Å². The predicted octanol–water partition coefficient (Wildman–Crippen LogP) is 0.218. The first-order chi connectivity index (χ1) is 6.36. The Hall–Kier alpha value is -0.250. The Morgan fingerprint density at radius 2 is 1.43 bits per heavy atom. The molecule has 0 unspecified atom stereocenters. The van der Waals surface area contributed by atoms with Crippen LogP contribution in [0, 0.1) is 0 Å². The first-order valence-electron chi connectivity index (χ1n) is 3.28. The highest BCUT2D eigenvalue weighted by molar-refractivity contribution is 8.11. The molecule has 0 bridgehead atoms. The highest BCUT2D eigenvalue weighted by Crippen LogP contribution is 1.77. The van der Waals surface area contributed by atoms with Crippen LogP contribution in [0.1, 0.15) is 0 Å². The lowest BCUT2D eigenvalue weighted by Gasteiger charge is -2.03. The van der Waals surface area contributed by atoms with Crippen LogP contribution in [0.5, 0.6) is 0 Å². The van der Waals surface area contributed by atoms with Gasteiger partial charge < -0.3 is 21.5 Å². The monoisotopic (exact) mass is 273 g/mol. The number of hydrogen-bond acceptors (Lipinski definition) is 3. The summed E-state index contributed by atoms with van der Waals surface area (Å²) in [6, 6.07) is 0. The zero-order valence-corrected chi connectivity index (χ0v) is 10.5. The van der Waals surface area contributed by atoms with Crippen molar-refractivity contribution in [3.63, 3.8) is 0 Å². The molecule has 0 aliphatic rings. The third kappa shape index (κ3) is 29.8. The number of carbonyl (C=O) groups is 1. The summed E-state index contributed by atoms with van der Waals surface area (Å²) in [5, 5.41) is 12.9. The van der Waals surface area contributed by atoms with E-state index in [1.165, 1.54) is 0 Å². The van der Waals surface area contributed by atoms with Crippen molar-refractivity contribution in [2.45, 2.75) is 0 Å². The normalized spacial score (nSPS) is 7.86. The van der Waals surface area contributed by atoms with Gasteiger partial charge in [-0.2, -0.15) is 0 Å². The summed E-state index contributed by atoms with van der Waals surface area (Å²) in [7, 11) is 0. The largest absolute Gasteiger partial charge is 0.465 e. The van der Waals surface area contributed by atoms with Crippen molar-refractivity contribution in [1.29, 1.82) is 0 Å². The van der Waals surface area contributed by atoms with Crippen molar-refractivity contribution >= 4 is 64.4 Å². The molecule has 0 saturated heterocycles. The van der Waals surface area contributed by atoms with E-state index in [4.69, 9.17) is 9.90 Å². The van der Waals surface area contributed by atoms with Crippen LogP contribution in [0.2, 0.25) is 0 Å². The quantitative estimate of drug-likeness (QED) is 0.251. The first-order valence-corrected chi connectivity index (χ1v) is 4.99. The predicted molar refractivity (Wildman–Crippen MR) is 71.4 cm³/mol. The fourth-order valence-electron chi connectivity index (χ4n) is 0.339. The van der Waals surface area contributed by atoms with Crippen LogP contribution in [0.4, 0.5) is 4.79 Å². The summed E-state index contributed by atoms with van der Waals surface area (Å²) in [5.74, 6) is 0. The maximum Gasteiger partial charge on any atom is 0.402 e. The van der Waals surface area contributed by atoms with Gasteiger partial charge >= 0.3 is 6.09 Å². The number of carboxylic acid groups (broad SMARTS) is 1. The smallest absolute Gasteiger partial charge is 0.402 e. The van der Waals surface area contributed by atoms with Crippen LogP contribution in [-0.2, 0) is 0 Å². The molecule has 0 aliphatic carbocycles. The second-order valence-electron chi connectivity index (χ2n) is 1.80. The molecular weight excluding hydrogens is 262 g/mol. The lowest BCUT2D eigenvalue weighted by atomic mass is 10.6. The molecule has 0 heterocycles. The minimum atomic E-state index is -1.33. The van der Waals surface area contributed by atoms with Gasteiger partial charge in [0.25, 0.3) is 0 Å². The van der Waals surface area contributed by atoms with Gasteiger partial charge in [-0.15, -0.1) is 25.3 Å².